The van der Waals surface area contributed by atoms with Crippen molar-refractivity contribution in [3.8, 4) is 5.75 Å². The highest BCUT2D eigenvalue weighted by molar-refractivity contribution is 7.89. The van der Waals surface area contributed by atoms with Crippen molar-refractivity contribution >= 4 is 44.0 Å². The van der Waals surface area contributed by atoms with Crippen molar-refractivity contribution in [2.45, 2.75) is 11.0 Å². The van der Waals surface area contributed by atoms with Crippen molar-refractivity contribution in [1.82, 2.24) is 9.29 Å². The Morgan fingerprint density at radius 1 is 1.18 bits per heavy atom. The molecule has 3 aromatic rings. The molecule has 1 N–H and O–H groups in total. The summed E-state index contributed by atoms with van der Waals surface area (Å²) in [5.74, 6) is -2.87. The van der Waals surface area contributed by atoms with E-state index in [1.807, 2.05) is 0 Å². The number of hydrogen-bond donors (Lipinski definition) is 1. The SMILES string of the molecule is O=C(Nc1ncc(Cl)s1)C(Oc1ccc(F)cc1F)c1ccc(S(=O)(=O)N2CCOCC2)cc1. The van der Waals surface area contributed by atoms with E-state index in [1.165, 1.54) is 34.8 Å². The Bertz CT molecular complexity index is 1280. The highest BCUT2D eigenvalue weighted by atomic mass is 35.5. The van der Waals surface area contributed by atoms with Gasteiger partial charge in [-0.15, -0.1) is 0 Å². The van der Waals surface area contributed by atoms with Crippen molar-refractivity contribution < 1.29 is 31.5 Å². The van der Waals surface area contributed by atoms with E-state index in [0.717, 1.165) is 23.5 Å². The van der Waals surface area contributed by atoms with Gasteiger partial charge in [-0.05, 0) is 24.3 Å². The molecule has 1 amide bonds. The minimum absolute atomic E-state index is 0.0250. The quantitative estimate of drug-likeness (QED) is 0.499. The van der Waals surface area contributed by atoms with E-state index in [4.69, 9.17) is 21.1 Å². The Kier molecular flexibility index (Phi) is 7.43. The maximum Gasteiger partial charge on any atom is 0.271 e. The van der Waals surface area contributed by atoms with E-state index in [2.05, 4.69) is 10.3 Å². The average molecular weight is 530 g/mol. The molecule has 1 saturated heterocycles. The lowest BCUT2D eigenvalue weighted by molar-refractivity contribution is -0.123. The lowest BCUT2D eigenvalue weighted by atomic mass is 10.1. The normalized spacial score (nSPS) is 15.6. The van der Waals surface area contributed by atoms with Crippen molar-refractivity contribution in [2.24, 2.45) is 0 Å². The molecule has 0 aliphatic carbocycles. The number of thiazole rings is 1. The predicted molar refractivity (Wildman–Crippen MR) is 122 cm³/mol. The Balaban J connectivity index is 1.62. The van der Waals surface area contributed by atoms with E-state index < -0.39 is 33.7 Å². The monoisotopic (exact) mass is 529 g/mol. The number of nitrogens with one attached hydrogen (secondary N) is 1. The maximum atomic E-state index is 14.2. The number of nitrogens with zero attached hydrogens (tertiary/aromatic N) is 2. The third-order valence-electron chi connectivity index (χ3n) is 4.88. The van der Waals surface area contributed by atoms with Gasteiger partial charge in [0, 0.05) is 24.7 Å². The molecule has 2 aromatic carbocycles. The van der Waals surface area contributed by atoms with Gasteiger partial charge in [-0.2, -0.15) is 4.31 Å². The lowest BCUT2D eigenvalue weighted by Crippen LogP contribution is -2.40. The topological polar surface area (TPSA) is 97.8 Å². The van der Waals surface area contributed by atoms with Crippen LogP contribution in [0, 0.1) is 11.6 Å². The molecule has 0 saturated carbocycles. The molecule has 0 bridgehead atoms. The minimum atomic E-state index is -3.75. The largest absolute Gasteiger partial charge is 0.473 e. The van der Waals surface area contributed by atoms with Crippen LogP contribution in [-0.2, 0) is 19.6 Å². The first-order chi connectivity index (χ1) is 16.2. The summed E-state index contributed by atoms with van der Waals surface area (Å²) in [6, 6.07) is 8.15. The molecule has 1 aliphatic rings. The van der Waals surface area contributed by atoms with Gasteiger partial charge < -0.3 is 9.47 Å². The van der Waals surface area contributed by atoms with Crippen LogP contribution in [0.4, 0.5) is 13.9 Å². The van der Waals surface area contributed by atoms with E-state index in [0.29, 0.717) is 23.6 Å². The Morgan fingerprint density at radius 2 is 1.88 bits per heavy atom. The summed E-state index contributed by atoms with van der Waals surface area (Å²) in [5.41, 5.74) is 0.241. The van der Waals surface area contributed by atoms with Crippen molar-refractivity contribution in [1.29, 1.82) is 0 Å². The number of aromatic nitrogens is 1. The second-order valence-electron chi connectivity index (χ2n) is 7.12. The van der Waals surface area contributed by atoms with Gasteiger partial charge in [-0.25, -0.2) is 22.2 Å². The van der Waals surface area contributed by atoms with Gasteiger partial charge in [-0.3, -0.25) is 10.1 Å². The number of ether oxygens (including phenoxy) is 2. The molecular formula is C21H18ClF2N3O5S2. The molecule has 34 heavy (non-hydrogen) atoms. The van der Waals surface area contributed by atoms with Gasteiger partial charge in [-0.1, -0.05) is 35.1 Å². The van der Waals surface area contributed by atoms with Crippen molar-refractivity contribution in [3.63, 3.8) is 0 Å². The molecule has 0 radical (unpaired) electrons. The van der Waals surface area contributed by atoms with Crippen molar-refractivity contribution in [2.75, 3.05) is 31.6 Å². The molecule has 13 heteroatoms. The molecule has 1 atom stereocenters. The summed E-state index contributed by atoms with van der Waals surface area (Å²) in [6.45, 7) is 1.08. The van der Waals surface area contributed by atoms with E-state index >= 15 is 0 Å². The van der Waals surface area contributed by atoms with Crippen LogP contribution < -0.4 is 10.1 Å². The van der Waals surface area contributed by atoms with Crippen LogP contribution in [0.1, 0.15) is 11.7 Å². The van der Waals surface area contributed by atoms with E-state index in [-0.39, 0.29) is 34.4 Å². The van der Waals surface area contributed by atoms with Crippen LogP contribution in [0.5, 0.6) is 5.75 Å². The van der Waals surface area contributed by atoms with Gasteiger partial charge in [0.25, 0.3) is 5.91 Å². The van der Waals surface area contributed by atoms with Gasteiger partial charge in [0.2, 0.25) is 16.1 Å². The molecule has 4 rings (SSSR count). The number of morpholine rings is 1. The van der Waals surface area contributed by atoms with Gasteiger partial charge in [0.1, 0.15) is 10.2 Å². The number of halogens is 3. The van der Waals surface area contributed by atoms with Crippen LogP contribution in [0.15, 0.2) is 53.6 Å². The predicted octanol–water partition coefficient (Wildman–Crippen LogP) is 3.85. The van der Waals surface area contributed by atoms with Crippen LogP contribution in [0.3, 0.4) is 0 Å². The zero-order chi connectivity index (χ0) is 24.3. The fraction of sp³-hybridized carbons (Fsp3) is 0.238. The first-order valence-corrected chi connectivity index (χ1v) is 12.6. The van der Waals surface area contributed by atoms with Crippen LogP contribution >= 0.6 is 22.9 Å². The third kappa shape index (κ3) is 5.53. The van der Waals surface area contributed by atoms with Gasteiger partial charge in [0.05, 0.1) is 24.3 Å². The minimum Gasteiger partial charge on any atom is -0.473 e. The fourth-order valence-electron chi connectivity index (χ4n) is 3.20. The summed E-state index contributed by atoms with van der Waals surface area (Å²) in [5, 5.41) is 2.72. The van der Waals surface area contributed by atoms with Gasteiger partial charge in [0.15, 0.2) is 16.7 Å². The third-order valence-corrected chi connectivity index (χ3v) is 7.82. The molecule has 180 valence electrons. The summed E-state index contributed by atoms with van der Waals surface area (Å²) < 4.78 is 65.7. The van der Waals surface area contributed by atoms with E-state index in [1.54, 1.807) is 0 Å². The molecular weight excluding hydrogens is 512 g/mol. The zero-order valence-electron chi connectivity index (χ0n) is 17.4. The number of amides is 1. The maximum absolute atomic E-state index is 14.2. The number of carbonyl (C=O) groups excluding carboxylic acids is 1. The second-order valence-corrected chi connectivity index (χ2v) is 10.7. The number of anilines is 1. The Labute approximate surface area is 203 Å². The molecule has 0 spiro atoms. The smallest absolute Gasteiger partial charge is 0.271 e. The van der Waals surface area contributed by atoms with Crippen molar-refractivity contribution in [3.05, 3.63) is 70.2 Å². The first kappa shape index (κ1) is 24.5. The van der Waals surface area contributed by atoms with E-state index in [9.17, 15) is 22.0 Å². The number of rotatable bonds is 7. The first-order valence-electron chi connectivity index (χ1n) is 9.96. The molecule has 1 aromatic heterocycles. The Morgan fingerprint density at radius 3 is 2.50 bits per heavy atom. The average Bonchev–Trinajstić information content (AvgIpc) is 3.23. The number of carbonyl (C=O) groups is 1. The fourth-order valence-corrected chi connectivity index (χ4v) is 5.43. The number of benzene rings is 2. The summed E-state index contributed by atoms with van der Waals surface area (Å²) >= 11 is 6.86. The lowest BCUT2D eigenvalue weighted by Gasteiger charge is -2.26. The zero-order valence-corrected chi connectivity index (χ0v) is 19.8. The van der Waals surface area contributed by atoms with Crippen LogP contribution in [0.2, 0.25) is 4.34 Å². The Hall–Kier alpha value is -2.64. The van der Waals surface area contributed by atoms with Crippen LogP contribution in [-0.4, -0.2) is 49.9 Å². The second kappa shape index (κ2) is 10.3. The summed E-state index contributed by atoms with van der Waals surface area (Å²) in [7, 11) is -3.75. The molecule has 1 unspecified atom stereocenters. The molecule has 2 heterocycles. The standard InChI is InChI=1S/C21H18ClF2N3O5S2/c22-18-12-25-21(33-18)26-20(28)19(32-17-6-3-14(23)11-16(17)24)13-1-4-15(5-2-13)34(29,30)27-7-9-31-10-8-27/h1-6,11-12,19H,7-10H2,(H,25,26,28). The highest BCUT2D eigenvalue weighted by Gasteiger charge is 2.29. The summed E-state index contributed by atoms with van der Waals surface area (Å²) in [6.07, 6.45) is -0.0504. The summed E-state index contributed by atoms with van der Waals surface area (Å²) in [4.78, 5) is 17.0. The highest BCUT2D eigenvalue weighted by Crippen LogP contribution is 2.29. The van der Waals surface area contributed by atoms with Crippen LogP contribution in [0.25, 0.3) is 0 Å². The molecule has 1 fully saturated rings. The molecule has 1 aliphatic heterocycles. The number of sulfonamides is 1. The molecule has 8 nitrogen and oxygen atoms in total. The number of hydrogen-bond acceptors (Lipinski definition) is 7. The van der Waals surface area contributed by atoms with Gasteiger partial charge >= 0.3 is 0 Å².